The van der Waals surface area contributed by atoms with Crippen molar-refractivity contribution in [2.75, 3.05) is 19.3 Å². The zero-order valence-corrected chi connectivity index (χ0v) is 21.7. The molecule has 7 nitrogen and oxygen atoms in total. The summed E-state index contributed by atoms with van der Waals surface area (Å²) in [4.78, 5) is 19.0. The second-order valence-electron chi connectivity index (χ2n) is 10.2. The second kappa shape index (κ2) is 11.0. The van der Waals surface area contributed by atoms with E-state index in [0.29, 0.717) is 34.8 Å². The lowest BCUT2D eigenvalue weighted by atomic mass is 10.0. The Morgan fingerprint density at radius 2 is 1.92 bits per heavy atom. The third-order valence-corrected chi connectivity index (χ3v) is 7.53. The summed E-state index contributed by atoms with van der Waals surface area (Å²) in [6.45, 7) is 1.45. The van der Waals surface area contributed by atoms with Crippen LogP contribution in [0.25, 0.3) is 0 Å². The molecule has 2 N–H and O–H groups in total. The van der Waals surface area contributed by atoms with Crippen LogP contribution in [0.4, 0.5) is 17.6 Å². The number of carbonyl (C=O) groups excluding carboxylic acids is 1. The number of ether oxygens (including phenoxy) is 1. The van der Waals surface area contributed by atoms with Crippen LogP contribution in [0.3, 0.4) is 0 Å². The number of aromatic nitrogens is 1. The zero-order valence-electron chi connectivity index (χ0n) is 20.9. The van der Waals surface area contributed by atoms with Crippen molar-refractivity contribution in [1.82, 2.24) is 19.9 Å². The molecule has 12 heteroatoms. The van der Waals surface area contributed by atoms with Gasteiger partial charge >= 0.3 is 6.18 Å². The van der Waals surface area contributed by atoms with Crippen molar-refractivity contribution in [3.8, 4) is 5.75 Å². The number of pyridine rings is 1. The van der Waals surface area contributed by atoms with Crippen LogP contribution in [0.1, 0.15) is 83.2 Å². The average Bonchev–Trinajstić information content (AvgIpc) is 3.77. The van der Waals surface area contributed by atoms with Gasteiger partial charge < -0.3 is 4.74 Å². The minimum atomic E-state index is -4.42. The Balaban J connectivity index is 1.30. The molecule has 2 heterocycles. The van der Waals surface area contributed by atoms with Gasteiger partial charge in [0.25, 0.3) is 5.91 Å². The molecule has 1 unspecified atom stereocenters. The molecular weight excluding hydrogens is 524 g/mol. The van der Waals surface area contributed by atoms with E-state index < -0.39 is 23.5 Å². The van der Waals surface area contributed by atoms with Crippen LogP contribution >= 0.6 is 11.9 Å². The first-order valence-corrected chi connectivity index (χ1v) is 13.9. The molecule has 0 bridgehead atoms. The smallest absolute Gasteiger partial charge is 0.416 e. The monoisotopic (exact) mass is 554 g/mol. The molecule has 1 amide bonds. The number of hydrazine groups is 1. The minimum absolute atomic E-state index is 0.107. The number of piperidine rings is 1. The summed E-state index contributed by atoms with van der Waals surface area (Å²) in [5.74, 6) is -0.874. The van der Waals surface area contributed by atoms with E-state index in [1.54, 1.807) is 6.26 Å². The molecule has 3 aliphatic rings. The van der Waals surface area contributed by atoms with E-state index in [1.807, 2.05) is 4.90 Å². The van der Waals surface area contributed by atoms with E-state index in [9.17, 15) is 27.6 Å². The Hall–Kier alpha value is -2.41. The van der Waals surface area contributed by atoms with Gasteiger partial charge in [0, 0.05) is 37.0 Å². The van der Waals surface area contributed by atoms with Crippen molar-refractivity contribution in [1.29, 1.82) is 0 Å². The molecule has 1 saturated heterocycles. The van der Waals surface area contributed by atoms with Crippen molar-refractivity contribution in [3.05, 3.63) is 58.2 Å². The maximum atomic E-state index is 14.9. The number of amides is 1. The van der Waals surface area contributed by atoms with Gasteiger partial charge in [0.1, 0.15) is 17.7 Å². The number of hydrogen-bond acceptors (Lipinski definition) is 7. The molecule has 206 valence electrons. The third kappa shape index (κ3) is 6.59. The average molecular weight is 555 g/mol. The molecule has 2 aromatic rings. The van der Waals surface area contributed by atoms with Crippen LogP contribution in [0, 0.1) is 5.82 Å². The van der Waals surface area contributed by atoms with Crippen molar-refractivity contribution in [2.45, 2.75) is 69.2 Å². The maximum Gasteiger partial charge on any atom is 0.416 e. The Kier molecular flexibility index (Phi) is 7.86. The highest BCUT2D eigenvalue weighted by molar-refractivity contribution is 7.96. The molecule has 1 aromatic carbocycles. The summed E-state index contributed by atoms with van der Waals surface area (Å²) in [6.07, 6.45) is 1.88. The number of nitrogens with zero attached hydrogens (tertiary/aromatic N) is 3. The summed E-state index contributed by atoms with van der Waals surface area (Å²) in [5.41, 5.74) is 2.99. The van der Waals surface area contributed by atoms with E-state index in [0.717, 1.165) is 62.1 Å². The lowest BCUT2D eigenvalue weighted by Gasteiger charge is -2.33. The van der Waals surface area contributed by atoms with Gasteiger partial charge in [-0.25, -0.2) is 4.39 Å². The Bertz CT molecular complexity index is 1190. The molecular formula is C26H30F4N4O3S. The van der Waals surface area contributed by atoms with E-state index >= 15 is 0 Å². The Morgan fingerprint density at radius 3 is 2.58 bits per heavy atom. The fourth-order valence-corrected chi connectivity index (χ4v) is 5.03. The first-order chi connectivity index (χ1) is 18.1. The number of nitrogens with one attached hydrogen (secondary N) is 1. The quantitative estimate of drug-likeness (QED) is 0.236. The summed E-state index contributed by atoms with van der Waals surface area (Å²) in [5, 5.41) is 9.53. The van der Waals surface area contributed by atoms with E-state index in [4.69, 9.17) is 4.74 Å². The lowest BCUT2D eigenvalue weighted by Crippen LogP contribution is -2.41. The molecule has 2 saturated carbocycles. The van der Waals surface area contributed by atoms with Crippen LogP contribution in [-0.4, -0.2) is 51.0 Å². The van der Waals surface area contributed by atoms with Gasteiger partial charge in [0.2, 0.25) is 0 Å². The van der Waals surface area contributed by atoms with Gasteiger partial charge in [0.15, 0.2) is 0 Å². The van der Waals surface area contributed by atoms with Crippen LogP contribution in [-0.2, 0) is 12.7 Å². The summed E-state index contributed by atoms with van der Waals surface area (Å²) in [7, 11) is 0. The highest BCUT2D eigenvalue weighted by atomic mass is 32.2. The second-order valence-corrected chi connectivity index (χ2v) is 10.9. The molecule has 38 heavy (non-hydrogen) atoms. The van der Waals surface area contributed by atoms with Gasteiger partial charge in [0.05, 0.1) is 16.8 Å². The van der Waals surface area contributed by atoms with Crippen LogP contribution in [0.2, 0.25) is 0 Å². The number of rotatable bonds is 9. The van der Waals surface area contributed by atoms with E-state index in [1.165, 1.54) is 18.2 Å². The largest absolute Gasteiger partial charge is 0.489 e. The predicted octanol–water partition coefficient (Wildman–Crippen LogP) is 5.65. The molecule has 3 fully saturated rings. The fraction of sp³-hybridized carbons (Fsp3) is 0.538. The zero-order chi connectivity index (χ0) is 27.0. The molecule has 2 aliphatic carbocycles. The number of alkyl halides is 3. The standard InChI is InChI=1S/C26H30F4N4O3S/c1-38-34(36)32-25(35)21-11-20(15-4-5-15)24(12-22(21)27)37-19-3-2-8-33(14-19)13-18-9-17(26(28,29)30)10-23(31-18)16-6-7-16/h9-12,15-16,19,36H,2-8,13-14H2,1H3,(H,32,35). The number of carbonyl (C=O) groups is 1. The first-order valence-electron chi connectivity index (χ1n) is 12.8. The van der Waals surface area contributed by atoms with Crippen molar-refractivity contribution < 1.29 is 32.3 Å². The highest BCUT2D eigenvalue weighted by Crippen LogP contribution is 2.46. The predicted molar refractivity (Wildman–Crippen MR) is 133 cm³/mol. The molecule has 1 atom stereocenters. The number of halogens is 4. The van der Waals surface area contributed by atoms with E-state index in [-0.39, 0.29) is 30.0 Å². The normalized spacial score (nSPS) is 20.6. The molecule has 1 aromatic heterocycles. The van der Waals surface area contributed by atoms with Gasteiger partial charge in [-0.3, -0.25) is 25.3 Å². The summed E-state index contributed by atoms with van der Waals surface area (Å²) >= 11 is 0.856. The van der Waals surface area contributed by atoms with Gasteiger partial charge in [-0.05, 0) is 91.3 Å². The Morgan fingerprint density at radius 1 is 1.18 bits per heavy atom. The third-order valence-electron chi connectivity index (χ3n) is 7.09. The van der Waals surface area contributed by atoms with Crippen molar-refractivity contribution in [2.24, 2.45) is 0 Å². The first kappa shape index (κ1) is 27.2. The molecule has 0 radical (unpaired) electrons. The topological polar surface area (TPSA) is 77.9 Å². The van der Waals surface area contributed by atoms with Gasteiger partial charge in [-0.2, -0.15) is 13.2 Å². The summed E-state index contributed by atoms with van der Waals surface area (Å²) in [6, 6.07) is 5.00. The van der Waals surface area contributed by atoms with Gasteiger partial charge in [-0.15, -0.1) is 0 Å². The summed E-state index contributed by atoms with van der Waals surface area (Å²) < 4.78 is 62.1. The Labute approximate surface area is 222 Å². The van der Waals surface area contributed by atoms with Crippen LogP contribution in [0.15, 0.2) is 24.3 Å². The van der Waals surface area contributed by atoms with E-state index in [2.05, 4.69) is 10.4 Å². The van der Waals surface area contributed by atoms with Crippen molar-refractivity contribution in [3.63, 3.8) is 0 Å². The van der Waals surface area contributed by atoms with Crippen molar-refractivity contribution >= 4 is 17.9 Å². The molecule has 1 aliphatic heterocycles. The number of likely N-dealkylation sites (tertiary alicyclic amines) is 1. The SMILES string of the molecule is CSN(O)NC(=O)c1cc(C2CC2)c(OC2CCCN(Cc3cc(C(F)(F)F)cc(C4CC4)n3)C2)cc1F. The minimum Gasteiger partial charge on any atom is -0.489 e. The molecule has 5 rings (SSSR count). The molecule has 0 spiro atoms. The van der Waals surface area contributed by atoms with Gasteiger partial charge in [-0.1, -0.05) is 0 Å². The van der Waals surface area contributed by atoms with Crippen LogP contribution in [0.5, 0.6) is 5.75 Å². The lowest BCUT2D eigenvalue weighted by molar-refractivity contribution is -0.137. The maximum absolute atomic E-state index is 14.9. The fourth-order valence-electron chi connectivity index (χ4n) is 4.86. The van der Waals surface area contributed by atoms with Crippen LogP contribution < -0.4 is 10.2 Å². The highest BCUT2D eigenvalue weighted by Gasteiger charge is 2.35. The number of benzene rings is 1. The number of hydrogen-bond donors (Lipinski definition) is 2.